The molecular weight excluding hydrogens is 214 g/mol. The molecule has 0 amide bonds. The minimum absolute atomic E-state index is 0.176. The quantitative estimate of drug-likeness (QED) is 0.616. The summed E-state index contributed by atoms with van der Waals surface area (Å²) >= 11 is 0. The summed E-state index contributed by atoms with van der Waals surface area (Å²) in [4.78, 5) is 21.0. The molecule has 0 atom stereocenters. The third kappa shape index (κ3) is 2.18. The Bertz CT molecular complexity index is 436. The zero-order valence-electron chi connectivity index (χ0n) is 9.30. The number of hydrogen-bond acceptors (Lipinski definition) is 4. The number of aromatic carboxylic acids is 1. The highest BCUT2D eigenvalue weighted by molar-refractivity contribution is 5.90. The molecule has 0 unspecified atom stereocenters. The van der Waals surface area contributed by atoms with Crippen LogP contribution in [0.3, 0.4) is 0 Å². The van der Waals surface area contributed by atoms with Gasteiger partial charge in [0.2, 0.25) is 5.69 Å². The molecule has 0 saturated carbocycles. The molecule has 1 aromatic rings. The van der Waals surface area contributed by atoms with Gasteiger partial charge in [-0.25, -0.2) is 4.79 Å². The van der Waals surface area contributed by atoms with E-state index in [2.05, 4.69) is 5.10 Å². The van der Waals surface area contributed by atoms with Crippen molar-refractivity contribution >= 4 is 11.7 Å². The lowest BCUT2D eigenvalue weighted by molar-refractivity contribution is -0.386. The fourth-order valence-corrected chi connectivity index (χ4v) is 1.52. The molecule has 0 spiro atoms. The Morgan fingerprint density at radius 1 is 1.62 bits per heavy atom. The van der Waals surface area contributed by atoms with E-state index in [0.29, 0.717) is 6.42 Å². The first kappa shape index (κ1) is 12.2. The van der Waals surface area contributed by atoms with Gasteiger partial charge in [0, 0.05) is 13.5 Å². The summed E-state index contributed by atoms with van der Waals surface area (Å²) < 4.78 is 1.04. The molecule has 1 aromatic heterocycles. The summed E-state index contributed by atoms with van der Waals surface area (Å²) in [5, 5.41) is 23.6. The lowest BCUT2D eigenvalue weighted by atomic mass is 10.1. The first-order valence-electron chi connectivity index (χ1n) is 4.78. The molecule has 0 bridgehead atoms. The number of carbonyl (C=O) groups is 1. The molecule has 1 N–H and O–H groups in total. The van der Waals surface area contributed by atoms with E-state index in [-0.39, 0.29) is 17.3 Å². The SMILES string of the molecule is CC(C)Cc1nn(C)c(C(=O)O)c1[N+](=O)[O-]. The second kappa shape index (κ2) is 4.30. The molecule has 7 nitrogen and oxygen atoms in total. The minimum atomic E-state index is -1.34. The molecular formula is C9H13N3O4. The number of carboxylic acids is 1. The van der Waals surface area contributed by atoms with Crippen LogP contribution in [0.2, 0.25) is 0 Å². The Balaban J connectivity index is 3.35. The van der Waals surface area contributed by atoms with E-state index in [0.717, 1.165) is 4.68 Å². The van der Waals surface area contributed by atoms with E-state index in [4.69, 9.17) is 5.11 Å². The van der Waals surface area contributed by atoms with Crippen molar-refractivity contribution in [2.45, 2.75) is 20.3 Å². The first-order chi connectivity index (χ1) is 7.34. The van der Waals surface area contributed by atoms with Crippen molar-refractivity contribution in [1.82, 2.24) is 9.78 Å². The topological polar surface area (TPSA) is 98.3 Å². The van der Waals surface area contributed by atoms with Crippen LogP contribution in [0.4, 0.5) is 5.69 Å². The van der Waals surface area contributed by atoms with E-state index in [9.17, 15) is 14.9 Å². The van der Waals surface area contributed by atoms with Gasteiger partial charge in [0.1, 0.15) is 5.69 Å². The average molecular weight is 227 g/mol. The van der Waals surface area contributed by atoms with Gasteiger partial charge in [0.15, 0.2) is 0 Å². The zero-order chi connectivity index (χ0) is 12.5. The summed E-state index contributed by atoms with van der Waals surface area (Å²) in [6.07, 6.45) is 0.386. The zero-order valence-corrected chi connectivity index (χ0v) is 9.30. The third-order valence-electron chi connectivity index (χ3n) is 2.08. The Labute approximate surface area is 91.8 Å². The summed E-state index contributed by atoms with van der Waals surface area (Å²) in [6.45, 7) is 3.78. The van der Waals surface area contributed by atoms with Gasteiger partial charge >= 0.3 is 11.7 Å². The van der Waals surface area contributed by atoms with Gasteiger partial charge in [0.05, 0.1) is 4.92 Å². The summed E-state index contributed by atoms with van der Waals surface area (Å²) in [5.74, 6) is -1.16. The van der Waals surface area contributed by atoms with Crippen LogP contribution in [0.25, 0.3) is 0 Å². The van der Waals surface area contributed by atoms with Gasteiger partial charge in [-0.2, -0.15) is 5.10 Å². The first-order valence-corrected chi connectivity index (χ1v) is 4.78. The molecule has 88 valence electrons. The Hall–Kier alpha value is -1.92. The van der Waals surface area contributed by atoms with Gasteiger partial charge < -0.3 is 5.11 Å². The second-order valence-electron chi connectivity index (χ2n) is 3.93. The molecule has 0 aromatic carbocycles. The number of carboxylic acid groups (broad SMARTS) is 1. The fourth-order valence-electron chi connectivity index (χ4n) is 1.52. The molecule has 7 heteroatoms. The number of nitro groups is 1. The maximum atomic E-state index is 10.9. The van der Waals surface area contributed by atoms with Crippen LogP contribution in [0.1, 0.15) is 30.0 Å². The highest BCUT2D eigenvalue weighted by Gasteiger charge is 2.31. The van der Waals surface area contributed by atoms with Crippen LogP contribution >= 0.6 is 0 Å². The van der Waals surface area contributed by atoms with E-state index < -0.39 is 16.6 Å². The normalized spacial score (nSPS) is 10.8. The second-order valence-corrected chi connectivity index (χ2v) is 3.93. The number of nitrogens with zero attached hydrogens (tertiary/aromatic N) is 3. The van der Waals surface area contributed by atoms with Crippen LogP contribution in [-0.2, 0) is 13.5 Å². The van der Waals surface area contributed by atoms with Gasteiger partial charge in [-0.15, -0.1) is 0 Å². The average Bonchev–Trinajstić information content (AvgIpc) is 2.40. The van der Waals surface area contributed by atoms with Gasteiger partial charge in [-0.3, -0.25) is 14.8 Å². The highest BCUT2D eigenvalue weighted by Crippen LogP contribution is 2.25. The Morgan fingerprint density at radius 3 is 2.56 bits per heavy atom. The Kier molecular flexibility index (Phi) is 3.26. The number of aromatic nitrogens is 2. The van der Waals surface area contributed by atoms with Crippen molar-refractivity contribution in [2.24, 2.45) is 13.0 Å². The van der Waals surface area contributed by atoms with Crippen LogP contribution in [-0.4, -0.2) is 25.8 Å². The van der Waals surface area contributed by atoms with Crippen molar-refractivity contribution in [2.75, 3.05) is 0 Å². The van der Waals surface area contributed by atoms with Crippen molar-refractivity contribution in [1.29, 1.82) is 0 Å². The molecule has 0 aliphatic carbocycles. The third-order valence-corrected chi connectivity index (χ3v) is 2.08. The van der Waals surface area contributed by atoms with Crippen LogP contribution in [0.15, 0.2) is 0 Å². The lowest BCUT2D eigenvalue weighted by Crippen LogP contribution is -2.07. The largest absolute Gasteiger partial charge is 0.476 e. The summed E-state index contributed by atoms with van der Waals surface area (Å²) in [6, 6.07) is 0. The van der Waals surface area contributed by atoms with Gasteiger partial charge in [-0.1, -0.05) is 13.8 Å². The van der Waals surface area contributed by atoms with Gasteiger partial charge in [0.25, 0.3) is 0 Å². The van der Waals surface area contributed by atoms with E-state index in [1.165, 1.54) is 7.05 Å². The van der Waals surface area contributed by atoms with E-state index in [1.54, 1.807) is 0 Å². The molecule has 1 rings (SSSR count). The molecule has 0 aliphatic rings. The number of rotatable bonds is 4. The van der Waals surface area contributed by atoms with Gasteiger partial charge in [-0.05, 0) is 5.92 Å². The maximum Gasteiger partial charge on any atom is 0.361 e. The van der Waals surface area contributed by atoms with E-state index in [1.807, 2.05) is 13.8 Å². The Morgan fingerprint density at radius 2 is 2.19 bits per heavy atom. The van der Waals surface area contributed by atoms with Crippen LogP contribution < -0.4 is 0 Å². The smallest absolute Gasteiger partial charge is 0.361 e. The highest BCUT2D eigenvalue weighted by atomic mass is 16.6. The van der Waals surface area contributed by atoms with Crippen LogP contribution in [0, 0.1) is 16.0 Å². The molecule has 0 radical (unpaired) electrons. The van der Waals surface area contributed by atoms with Crippen molar-refractivity contribution in [3.63, 3.8) is 0 Å². The van der Waals surface area contributed by atoms with Crippen molar-refractivity contribution in [3.8, 4) is 0 Å². The monoisotopic (exact) mass is 227 g/mol. The predicted octanol–water partition coefficient (Wildman–Crippen LogP) is 1.22. The standard InChI is InChI=1S/C9H13N3O4/c1-5(2)4-6-7(12(15)16)8(9(13)14)11(3)10-6/h5H,4H2,1-3H3,(H,13,14). The molecule has 0 fully saturated rings. The lowest BCUT2D eigenvalue weighted by Gasteiger charge is -1.99. The predicted molar refractivity (Wildman–Crippen MR) is 55.4 cm³/mol. The molecule has 1 heterocycles. The van der Waals surface area contributed by atoms with Crippen LogP contribution in [0.5, 0.6) is 0 Å². The number of hydrogen-bond donors (Lipinski definition) is 1. The number of aryl methyl sites for hydroxylation is 1. The maximum absolute atomic E-state index is 10.9. The van der Waals surface area contributed by atoms with Crippen molar-refractivity contribution in [3.05, 3.63) is 21.5 Å². The summed E-state index contributed by atoms with van der Waals surface area (Å²) in [5.41, 5.74) is -0.552. The van der Waals surface area contributed by atoms with Crippen molar-refractivity contribution < 1.29 is 14.8 Å². The minimum Gasteiger partial charge on any atom is -0.476 e. The molecule has 0 aliphatic heterocycles. The van der Waals surface area contributed by atoms with E-state index >= 15 is 0 Å². The summed E-state index contributed by atoms with van der Waals surface area (Å²) in [7, 11) is 1.39. The fraction of sp³-hybridized carbons (Fsp3) is 0.556. The molecule has 16 heavy (non-hydrogen) atoms. The molecule has 0 saturated heterocycles.